The number of carbonyl (C=O) groups is 4. The second kappa shape index (κ2) is 30.8. The van der Waals surface area contributed by atoms with Crippen LogP contribution in [-0.4, -0.2) is 69.2 Å². The fourth-order valence-electron chi connectivity index (χ4n) is 6.29. The first kappa shape index (κ1) is 59.6. The van der Waals surface area contributed by atoms with Crippen LogP contribution in [0.5, 0.6) is 0 Å². The van der Waals surface area contributed by atoms with Crippen molar-refractivity contribution in [3.8, 4) is 0 Å². The molecule has 0 saturated heterocycles. The minimum atomic E-state index is -4.63. The van der Waals surface area contributed by atoms with Crippen LogP contribution in [0.1, 0.15) is 153 Å². The van der Waals surface area contributed by atoms with Crippen LogP contribution in [0, 0.1) is 17.7 Å². The largest absolute Gasteiger partial charge is 0.416 e. The zero-order valence-corrected chi connectivity index (χ0v) is 40.2. The Balaban J connectivity index is 0.000000773. The number of carbonyl (C=O) groups excluding carboxylic acids is 4. The summed E-state index contributed by atoms with van der Waals surface area (Å²) >= 11 is 2.48. The first-order valence-corrected chi connectivity index (χ1v) is 23.8. The molecule has 1 heterocycles. The van der Waals surface area contributed by atoms with Crippen molar-refractivity contribution in [2.75, 3.05) is 24.6 Å². The van der Waals surface area contributed by atoms with Crippen molar-refractivity contribution in [2.45, 2.75) is 147 Å². The number of benzene rings is 2. The number of aryl methyl sites for hydroxylation is 2. The number of hydrogen-bond acceptors (Lipinski definition) is 12. The lowest BCUT2D eigenvalue weighted by molar-refractivity contribution is -0.138. The van der Waals surface area contributed by atoms with Gasteiger partial charge < -0.3 is 27.4 Å². The summed E-state index contributed by atoms with van der Waals surface area (Å²) in [6.45, 7) is 9.11. The van der Waals surface area contributed by atoms with Crippen LogP contribution >= 0.6 is 23.5 Å². The summed E-state index contributed by atoms with van der Waals surface area (Å²) in [4.78, 5) is 56.6. The van der Waals surface area contributed by atoms with Crippen molar-refractivity contribution >= 4 is 58.2 Å². The molecule has 0 aliphatic heterocycles. The second-order valence-electron chi connectivity index (χ2n) is 15.5. The molecule has 0 aliphatic carbocycles. The number of alkyl halides is 6. The van der Waals surface area contributed by atoms with E-state index in [1.54, 1.807) is 13.8 Å². The molecule has 0 radical (unpaired) electrons. The van der Waals surface area contributed by atoms with E-state index < -0.39 is 47.9 Å². The van der Waals surface area contributed by atoms with Gasteiger partial charge in [-0.1, -0.05) is 26.7 Å². The van der Waals surface area contributed by atoms with Gasteiger partial charge in [0.1, 0.15) is 29.3 Å². The molecule has 0 saturated carbocycles. The average Bonchev–Trinajstić information content (AvgIpc) is 3.24. The molecule has 0 amide bonds. The SMILES string of the molecule is CC(=N)CCCCCC(C)=O.CCC(=O)CCCCCC(=N)N.CCc1cc(C(F)(F)F)cc(CC(=O)c2cc(C(=O)Cc3cc(C(F)(F)F)cc(C)c3SCCN)ncn2)c1SCCN. The van der Waals surface area contributed by atoms with Crippen molar-refractivity contribution in [3.63, 3.8) is 0 Å². The van der Waals surface area contributed by atoms with Gasteiger partial charge in [0, 0.05) is 78.6 Å². The summed E-state index contributed by atoms with van der Waals surface area (Å²) in [5.74, 6) is 0.385. The third-order valence-electron chi connectivity index (χ3n) is 9.68. The van der Waals surface area contributed by atoms with E-state index in [0.29, 0.717) is 70.3 Å². The van der Waals surface area contributed by atoms with Gasteiger partial charge in [-0.3, -0.25) is 19.8 Å². The van der Waals surface area contributed by atoms with Gasteiger partial charge >= 0.3 is 12.4 Å². The average molecular weight is 970 g/mol. The lowest BCUT2D eigenvalue weighted by Gasteiger charge is -2.17. The Hall–Kier alpha value is -4.46. The highest BCUT2D eigenvalue weighted by atomic mass is 32.2. The Kier molecular flexibility index (Phi) is 27.7. The van der Waals surface area contributed by atoms with Gasteiger partial charge in [-0.15, -0.1) is 23.5 Å². The summed E-state index contributed by atoms with van der Waals surface area (Å²) in [5, 5.41) is 14.1. The molecule has 0 fully saturated rings. The van der Waals surface area contributed by atoms with Gasteiger partial charge in [0.15, 0.2) is 11.6 Å². The third kappa shape index (κ3) is 23.3. The molecule has 0 atom stereocenters. The Labute approximate surface area is 393 Å². The number of thioether (sulfide) groups is 2. The molecule has 66 heavy (non-hydrogen) atoms. The Morgan fingerprint density at radius 3 is 1.55 bits per heavy atom. The summed E-state index contributed by atoms with van der Waals surface area (Å²) in [6, 6.07) is 5.02. The third-order valence-corrected chi connectivity index (χ3v) is 12.2. The topological polar surface area (TPSA) is 220 Å². The molecule has 1 aromatic heterocycles. The second-order valence-corrected chi connectivity index (χ2v) is 17.7. The minimum Gasteiger partial charge on any atom is -0.388 e. The predicted octanol–water partition coefficient (Wildman–Crippen LogP) is 10.8. The van der Waals surface area contributed by atoms with Crippen LogP contribution in [-0.2, 0) is 41.2 Å². The quantitative estimate of drug-likeness (QED) is 0.0127. The normalized spacial score (nSPS) is 11.2. The lowest BCUT2D eigenvalue weighted by Crippen LogP contribution is -2.15. The van der Waals surface area contributed by atoms with Gasteiger partial charge in [0.05, 0.1) is 17.0 Å². The van der Waals surface area contributed by atoms with Gasteiger partial charge in [-0.05, 0) is 112 Å². The maximum Gasteiger partial charge on any atom is 0.416 e. The van der Waals surface area contributed by atoms with E-state index in [4.69, 9.17) is 28.0 Å². The Morgan fingerprint density at radius 1 is 0.636 bits per heavy atom. The smallest absolute Gasteiger partial charge is 0.388 e. The highest BCUT2D eigenvalue weighted by Gasteiger charge is 2.33. The van der Waals surface area contributed by atoms with E-state index in [0.717, 1.165) is 87.3 Å². The molecular formula is C47H65F6N7O4S2. The molecule has 366 valence electrons. The van der Waals surface area contributed by atoms with Gasteiger partial charge in [-0.25, -0.2) is 9.97 Å². The molecule has 3 rings (SSSR count). The number of aromatic nitrogens is 2. The van der Waals surface area contributed by atoms with Crippen molar-refractivity contribution in [1.29, 1.82) is 10.8 Å². The van der Waals surface area contributed by atoms with Crippen LogP contribution in [0.4, 0.5) is 26.3 Å². The standard InChI is InChI=1S/C29H30F6N4O2S2.C9H18N2O.C9H17NO/c1-3-17-9-21(29(33,34)35)11-19(27(17)43-7-5-37)13-25(41)23-14-22(38-15-39-23)24(40)12-18-10-20(28(30,31)32)8-16(2)26(18)42-6-4-36;1-2-8(12)6-4-3-5-7-9(10)11;1-8(10)6-4-3-5-7-9(2)11/h8-11,14-15H,3-7,12-13,36-37H2,1-2H3;2-7H2,1H3,(H3,10,11);10H,3-7H2,1-2H3. The molecule has 19 heteroatoms. The number of Topliss-reactive ketones (excluding diaryl/α,β-unsaturated/α-hetero) is 4. The lowest BCUT2D eigenvalue weighted by atomic mass is 9.98. The summed E-state index contributed by atoms with van der Waals surface area (Å²) in [7, 11) is 0. The summed E-state index contributed by atoms with van der Waals surface area (Å²) in [6.07, 6.45) is 0.749. The number of nitrogens with two attached hydrogens (primary N) is 3. The molecule has 2 aromatic carbocycles. The number of nitrogens with zero attached hydrogens (tertiary/aromatic N) is 2. The number of unbranched alkanes of at least 4 members (excludes halogenated alkanes) is 4. The fourth-order valence-corrected chi connectivity index (χ4v) is 8.24. The van der Waals surface area contributed by atoms with E-state index >= 15 is 0 Å². The van der Waals surface area contributed by atoms with Crippen molar-refractivity contribution in [1.82, 2.24) is 9.97 Å². The van der Waals surface area contributed by atoms with Crippen molar-refractivity contribution in [2.24, 2.45) is 17.2 Å². The van der Waals surface area contributed by atoms with E-state index in [-0.39, 0.29) is 47.2 Å². The molecule has 8 N–H and O–H groups in total. The van der Waals surface area contributed by atoms with Crippen LogP contribution in [0.2, 0.25) is 0 Å². The number of hydrogen-bond donors (Lipinski definition) is 5. The number of amidine groups is 1. The van der Waals surface area contributed by atoms with Crippen LogP contribution in [0.3, 0.4) is 0 Å². The van der Waals surface area contributed by atoms with E-state index in [2.05, 4.69) is 9.97 Å². The maximum atomic E-state index is 13.6. The number of halogens is 6. The van der Waals surface area contributed by atoms with Crippen LogP contribution < -0.4 is 17.2 Å². The van der Waals surface area contributed by atoms with Crippen molar-refractivity contribution in [3.05, 3.63) is 81.4 Å². The van der Waals surface area contributed by atoms with E-state index in [1.807, 2.05) is 13.8 Å². The highest BCUT2D eigenvalue weighted by molar-refractivity contribution is 7.99. The zero-order valence-electron chi connectivity index (χ0n) is 38.5. The molecule has 0 aliphatic rings. The van der Waals surface area contributed by atoms with Gasteiger partial charge in [-0.2, -0.15) is 26.3 Å². The monoisotopic (exact) mass is 969 g/mol. The molecule has 0 spiro atoms. The molecular weight excluding hydrogens is 905 g/mol. The summed E-state index contributed by atoms with van der Waals surface area (Å²) < 4.78 is 81.4. The highest BCUT2D eigenvalue weighted by Crippen LogP contribution is 2.38. The number of nitrogens with one attached hydrogen (secondary N) is 2. The zero-order chi connectivity index (χ0) is 50.0. The number of ketones is 4. The molecule has 3 aromatic rings. The minimum absolute atomic E-state index is 0.139. The number of rotatable bonds is 26. The molecule has 0 bridgehead atoms. The first-order chi connectivity index (χ1) is 31.0. The fraction of sp³-hybridized carbons (Fsp3) is 0.532. The van der Waals surface area contributed by atoms with E-state index in [9.17, 15) is 45.5 Å². The van der Waals surface area contributed by atoms with Crippen LogP contribution in [0.25, 0.3) is 0 Å². The maximum absolute atomic E-state index is 13.6. The molecule has 0 unspecified atom stereocenters. The Morgan fingerprint density at radius 2 is 1.09 bits per heavy atom. The van der Waals surface area contributed by atoms with E-state index in [1.165, 1.54) is 30.4 Å². The van der Waals surface area contributed by atoms with Crippen molar-refractivity contribution < 1.29 is 45.5 Å². The summed E-state index contributed by atoms with van der Waals surface area (Å²) in [5.41, 5.74) is 15.9. The van der Waals surface area contributed by atoms with Gasteiger partial charge in [0.25, 0.3) is 0 Å². The first-order valence-electron chi connectivity index (χ1n) is 21.8. The molecule has 11 nitrogen and oxygen atoms in total. The van der Waals surface area contributed by atoms with Gasteiger partial charge in [0.2, 0.25) is 0 Å². The Bertz CT molecular complexity index is 2060. The van der Waals surface area contributed by atoms with Crippen LogP contribution in [0.15, 0.2) is 46.5 Å². The predicted molar refractivity (Wildman–Crippen MR) is 252 cm³/mol.